The molecule has 0 saturated carbocycles. The molecule has 2 atom stereocenters. The summed E-state index contributed by atoms with van der Waals surface area (Å²) in [6.07, 6.45) is 0.407. The molecule has 0 bridgehead atoms. The van der Waals surface area contributed by atoms with Crippen LogP contribution >= 0.6 is 0 Å². The number of hydrogen-bond donors (Lipinski definition) is 2. The molecule has 0 fully saturated rings. The van der Waals surface area contributed by atoms with Crippen molar-refractivity contribution >= 4 is 11.8 Å². The first-order chi connectivity index (χ1) is 14.8. The zero-order valence-corrected chi connectivity index (χ0v) is 18.8. The Bertz CT molecular complexity index is 841. The normalized spacial score (nSPS) is 12.3. The molecule has 0 radical (unpaired) electrons. The first-order valence-corrected chi connectivity index (χ1v) is 9.81. The van der Waals surface area contributed by atoms with Gasteiger partial charge in [0.15, 0.2) is 23.0 Å². The molecular formula is C23H30N2O6. The highest BCUT2D eigenvalue weighted by molar-refractivity contribution is 5.74. The minimum atomic E-state index is -0.387. The summed E-state index contributed by atoms with van der Waals surface area (Å²) in [4.78, 5) is 23.9. The van der Waals surface area contributed by atoms with Crippen LogP contribution in [0.3, 0.4) is 0 Å². The van der Waals surface area contributed by atoms with Crippen LogP contribution in [0.15, 0.2) is 36.4 Å². The van der Waals surface area contributed by atoms with Crippen molar-refractivity contribution in [1.29, 1.82) is 0 Å². The fourth-order valence-electron chi connectivity index (χ4n) is 3.42. The van der Waals surface area contributed by atoms with Crippen molar-refractivity contribution in [1.82, 2.24) is 10.6 Å². The zero-order valence-electron chi connectivity index (χ0n) is 18.8. The standard InChI is InChI=1S/C23H30N2O6/c1-14(26)24-18(16-7-9-20(28-3)22(11-16)30-5)13-19(25-15(2)27)17-8-10-21(29-4)23(12-17)31-6/h7-12,18-19H,13H2,1-6H3,(H,24,26)(H,25,27)/t18-,19-/m1/s1. The molecule has 0 heterocycles. The fourth-order valence-corrected chi connectivity index (χ4v) is 3.42. The highest BCUT2D eigenvalue weighted by Crippen LogP contribution is 2.36. The highest BCUT2D eigenvalue weighted by atomic mass is 16.5. The summed E-state index contributed by atoms with van der Waals surface area (Å²) in [7, 11) is 6.23. The van der Waals surface area contributed by atoms with Crippen molar-refractivity contribution in [3.8, 4) is 23.0 Å². The van der Waals surface area contributed by atoms with E-state index in [0.717, 1.165) is 11.1 Å². The third-order valence-corrected chi connectivity index (χ3v) is 4.85. The van der Waals surface area contributed by atoms with Gasteiger partial charge in [0.2, 0.25) is 11.8 Å². The Morgan fingerprint density at radius 1 is 0.677 bits per heavy atom. The Balaban J connectivity index is 2.45. The summed E-state index contributed by atoms with van der Waals surface area (Å²) < 4.78 is 21.4. The average Bonchev–Trinajstić information content (AvgIpc) is 2.76. The Kier molecular flexibility index (Phi) is 8.54. The molecule has 2 aromatic carbocycles. The van der Waals surface area contributed by atoms with E-state index in [0.29, 0.717) is 29.4 Å². The monoisotopic (exact) mass is 430 g/mol. The van der Waals surface area contributed by atoms with Crippen LogP contribution in [0.5, 0.6) is 23.0 Å². The summed E-state index contributed by atoms with van der Waals surface area (Å²) in [5, 5.41) is 5.93. The van der Waals surface area contributed by atoms with E-state index in [2.05, 4.69) is 10.6 Å². The summed E-state index contributed by atoms with van der Waals surface area (Å²) in [6.45, 7) is 2.91. The van der Waals surface area contributed by atoms with Gasteiger partial charge in [-0.2, -0.15) is 0 Å². The summed E-state index contributed by atoms with van der Waals surface area (Å²) in [5.74, 6) is 1.91. The molecule has 2 aromatic rings. The van der Waals surface area contributed by atoms with E-state index in [-0.39, 0.29) is 23.9 Å². The van der Waals surface area contributed by atoms with Gasteiger partial charge >= 0.3 is 0 Å². The van der Waals surface area contributed by atoms with Gasteiger partial charge in [0, 0.05) is 13.8 Å². The molecule has 0 unspecified atom stereocenters. The number of methoxy groups -OCH3 is 4. The highest BCUT2D eigenvalue weighted by Gasteiger charge is 2.23. The number of ether oxygens (including phenoxy) is 4. The predicted molar refractivity (Wildman–Crippen MR) is 117 cm³/mol. The number of nitrogens with one attached hydrogen (secondary N) is 2. The largest absolute Gasteiger partial charge is 0.493 e. The van der Waals surface area contributed by atoms with E-state index in [9.17, 15) is 9.59 Å². The number of carbonyl (C=O) groups excluding carboxylic acids is 2. The van der Waals surface area contributed by atoms with Gasteiger partial charge in [-0.1, -0.05) is 12.1 Å². The summed E-state index contributed by atoms with van der Waals surface area (Å²) >= 11 is 0. The van der Waals surface area contributed by atoms with Gasteiger partial charge in [0.25, 0.3) is 0 Å². The number of rotatable bonds is 10. The maximum absolute atomic E-state index is 11.9. The van der Waals surface area contributed by atoms with Gasteiger partial charge in [-0.3, -0.25) is 9.59 Å². The zero-order chi connectivity index (χ0) is 23.0. The summed E-state index contributed by atoms with van der Waals surface area (Å²) in [6, 6.07) is 10.2. The maximum atomic E-state index is 11.9. The Hall–Kier alpha value is -3.42. The van der Waals surface area contributed by atoms with E-state index in [1.807, 2.05) is 24.3 Å². The van der Waals surface area contributed by atoms with Crippen LogP contribution in [0.25, 0.3) is 0 Å². The first-order valence-electron chi connectivity index (χ1n) is 9.81. The van der Waals surface area contributed by atoms with Crippen LogP contribution in [-0.2, 0) is 9.59 Å². The van der Waals surface area contributed by atoms with Gasteiger partial charge in [-0.25, -0.2) is 0 Å². The van der Waals surface area contributed by atoms with E-state index < -0.39 is 0 Å². The van der Waals surface area contributed by atoms with E-state index in [4.69, 9.17) is 18.9 Å². The van der Waals surface area contributed by atoms with Gasteiger partial charge in [-0.15, -0.1) is 0 Å². The average molecular weight is 431 g/mol. The lowest BCUT2D eigenvalue weighted by molar-refractivity contribution is -0.119. The van der Waals surface area contributed by atoms with Crippen molar-refractivity contribution in [3.05, 3.63) is 47.5 Å². The van der Waals surface area contributed by atoms with Crippen LogP contribution in [0, 0.1) is 0 Å². The molecule has 0 aliphatic carbocycles. The van der Waals surface area contributed by atoms with E-state index >= 15 is 0 Å². The third-order valence-electron chi connectivity index (χ3n) is 4.85. The van der Waals surface area contributed by atoms with Crippen LogP contribution in [-0.4, -0.2) is 40.3 Å². The van der Waals surface area contributed by atoms with Crippen molar-refractivity contribution < 1.29 is 28.5 Å². The van der Waals surface area contributed by atoms with Gasteiger partial charge in [0.1, 0.15) is 0 Å². The lowest BCUT2D eigenvalue weighted by Gasteiger charge is -2.26. The SMILES string of the molecule is COc1ccc([C@@H](C[C@@H](NC(C)=O)c2ccc(OC)c(OC)c2)NC(C)=O)cc1OC. The number of hydrogen-bond acceptors (Lipinski definition) is 6. The second-order valence-electron chi connectivity index (χ2n) is 6.97. The maximum Gasteiger partial charge on any atom is 0.217 e. The van der Waals surface area contributed by atoms with E-state index in [1.165, 1.54) is 13.8 Å². The molecule has 2 N–H and O–H groups in total. The smallest absolute Gasteiger partial charge is 0.217 e. The number of amides is 2. The van der Waals surface area contributed by atoms with Crippen molar-refractivity contribution in [2.45, 2.75) is 32.4 Å². The second kappa shape index (κ2) is 11.1. The van der Waals surface area contributed by atoms with Crippen LogP contribution in [0.4, 0.5) is 0 Å². The Morgan fingerprint density at radius 3 is 1.32 bits per heavy atom. The molecule has 8 nitrogen and oxygen atoms in total. The molecule has 168 valence electrons. The lowest BCUT2D eigenvalue weighted by Crippen LogP contribution is -2.33. The van der Waals surface area contributed by atoms with Gasteiger partial charge in [-0.05, 0) is 41.8 Å². The van der Waals surface area contributed by atoms with Crippen molar-refractivity contribution in [3.63, 3.8) is 0 Å². The van der Waals surface area contributed by atoms with Crippen molar-refractivity contribution in [2.24, 2.45) is 0 Å². The molecule has 0 aromatic heterocycles. The fraction of sp³-hybridized carbons (Fsp3) is 0.391. The first kappa shape index (κ1) is 23.9. The molecule has 2 rings (SSSR count). The number of carbonyl (C=O) groups is 2. The van der Waals surface area contributed by atoms with E-state index in [1.54, 1.807) is 40.6 Å². The van der Waals surface area contributed by atoms with Crippen LogP contribution in [0.2, 0.25) is 0 Å². The topological polar surface area (TPSA) is 95.1 Å². The lowest BCUT2D eigenvalue weighted by atomic mass is 9.94. The predicted octanol–water partition coefficient (Wildman–Crippen LogP) is 3.17. The molecule has 0 aliphatic heterocycles. The summed E-state index contributed by atoms with van der Waals surface area (Å²) in [5.41, 5.74) is 1.65. The molecule has 0 aliphatic rings. The van der Waals surface area contributed by atoms with Gasteiger partial charge < -0.3 is 29.6 Å². The Labute approximate surface area is 182 Å². The molecule has 2 amide bonds. The third kappa shape index (κ3) is 6.28. The minimum Gasteiger partial charge on any atom is -0.493 e. The molecule has 0 saturated heterocycles. The van der Waals surface area contributed by atoms with Crippen LogP contribution in [0.1, 0.15) is 43.5 Å². The molecule has 31 heavy (non-hydrogen) atoms. The molecular weight excluding hydrogens is 400 g/mol. The van der Waals surface area contributed by atoms with Crippen LogP contribution < -0.4 is 29.6 Å². The Morgan fingerprint density at radius 2 is 1.03 bits per heavy atom. The minimum absolute atomic E-state index is 0.186. The molecule has 0 spiro atoms. The van der Waals surface area contributed by atoms with Gasteiger partial charge in [0.05, 0.1) is 40.5 Å². The van der Waals surface area contributed by atoms with Crippen molar-refractivity contribution in [2.75, 3.05) is 28.4 Å². The molecule has 8 heteroatoms. The number of benzene rings is 2. The second-order valence-corrected chi connectivity index (χ2v) is 6.97. The quantitative estimate of drug-likeness (QED) is 0.601.